The third-order valence-electron chi connectivity index (χ3n) is 3.54. The van der Waals surface area contributed by atoms with Crippen LogP contribution in [0, 0.1) is 12.8 Å². The highest BCUT2D eigenvalue weighted by Gasteiger charge is 2.23. The van der Waals surface area contributed by atoms with E-state index in [9.17, 15) is 4.79 Å². The molecule has 1 fully saturated rings. The van der Waals surface area contributed by atoms with Crippen LogP contribution >= 0.6 is 27.5 Å². The maximum Gasteiger partial charge on any atom is 0.253 e. The van der Waals surface area contributed by atoms with Crippen LogP contribution in [-0.4, -0.2) is 29.2 Å². The van der Waals surface area contributed by atoms with Crippen molar-refractivity contribution in [1.29, 1.82) is 0 Å². The monoisotopic (exact) mass is 329 g/mol. The summed E-state index contributed by atoms with van der Waals surface area (Å²) in [6.07, 6.45) is 2.16. The molecule has 0 atom stereocenters. The lowest BCUT2D eigenvalue weighted by Crippen LogP contribution is -2.38. The van der Waals surface area contributed by atoms with Crippen molar-refractivity contribution in [3.8, 4) is 0 Å². The molecule has 2 rings (SSSR count). The number of alkyl halides is 1. The second kappa shape index (κ2) is 6.07. The first-order valence-electron chi connectivity index (χ1n) is 6.23. The van der Waals surface area contributed by atoms with Gasteiger partial charge in [0.2, 0.25) is 0 Å². The van der Waals surface area contributed by atoms with Crippen LogP contribution in [0.4, 0.5) is 0 Å². The van der Waals surface area contributed by atoms with Gasteiger partial charge in [-0.3, -0.25) is 4.79 Å². The first-order chi connectivity index (χ1) is 8.61. The van der Waals surface area contributed by atoms with Crippen molar-refractivity contribution in [2.45, 2.75) is 19.8 Å². The number of carbonyl (C=O) groups excluding carboxylic acids is 1. The number of benzene rings is 1. The van der Waals surface area contributed by atoms with Crippen molar-refractivity contribution >= 4 is 33.4 Å². The first-order valence-corrected chi connectivity index (χ1v) is 7.73. The Hall–Kier alpha value is -0.540. The van der Waals surface area contributed by atoms with Crippen LogP contribution in [0.15, 0.2) is 18.2 Å². The van der Waals surface area contributed by atoms with Crippen molar-refractivity contribution in [2.24, 2.45) is 5.92 Å². The standard InChI is InChI=1S/C14H17BrClNO/c1-10-2-3-12(8-13(10)16)14(18)17-6-4-11(9-15)5-7-17/h2-3,8,11H,4-7,9H2,1H3. The molecule has 18 heavy (non-hydrogen) atoms. The number of halogens is 2. The summed E-state index contributed by atoms with van der Waals surface area (Å²) in [6, 6.07) is 5.54. The topological polar surface area (TPSA) is 20.3 Å². The van der Waals surface area contributed by atoms with E-state index < -0.39 is 0 Å². The van der Waals surface area contributed by atoms with Gasteiger partial charge in [0.1, 0.15) is 0 Å². The van der Waals surface area contributed by atoms with Gasteiger partial charge in [-0.1, -0.05) is 33.6 Å². The lowest BCUT2D eigenvalue weighted by atomic mass is 9.98. The SMILES string of the molecule is Cc1ccc(C(=O)N2CCC(CBr)CC2)cc1Cl. The van der Waals surface area contributed by atoms with Gasteiger partial charge in [0.05, 0.1) is 0 Å². The number of carbonyl (C=O) groups is 1. The number of rotatable bonds is 2. The smallest absolute Gasteiger partial charge is 0.253 e. The lowest BCUT2D eigenvalue weighted by Gasteiger charge is -2.31. The molecule has 1 heterocycles. The summed E-state index contributed by atoms with van der Waals surface area (Å²) in [7, 11) is 0. The Bertz CT molecular complexity index is 441. The fourth-order valence-corrected chi connectivity index (χ4v) is 3.03. The minimum absolute atomic E-state index is 0.102. The predicted octanol–water partition coefficient (Wildman–Crippen LogP) is 3.90. The average molecular weight is 331 g/mol. The van der Waals surface area contributed by atoms with Crippen molar-refractivity contribution < 1.29 is 4.79 Å². The second-order valence-corrected chi connectivity index (χ2v) is 5.91. The van der Waals surface area contributed by atoms with Gasteiger partial charge in [-0.05, 0) is 43.4 Å². The molecule has 1 aromatic rings. The fraction of sp³-hybridized carbons (Fsp3) is 0.500. The number of likely N-dealkylation sites (tertiary alicyclic amines) is 1. The van der Waals surface area contributed by atoms with Gasteiger partial charge in [0.15, 0.2) is 0 Å². The van der Waals surface area contributed by atoms with Gasteiger partial charge in [0.25, 0.3) is 5.91 Å². The van der Waals surface area contributed by atoms with Crippen molar-refractivity contribution in [2.75, 3.05) is 18.4 Å². The van der Waals surface area contributed by atoms with E-state index in [0.717, 1.165) is 36.8 Å². The van der Waals surface area contributed by atoms with Crippen LogP contribution < -0.4 is 0 Å². The molecule has 0 unspecified atom stereocenters. The van der Waals surface area contributed by atoms with E-state index in [1.54, 1.807) is 6.07 Å². The predicted molar refractivity (Wildman–Crippen MR) is 78.6 cm³/mol. The molecule has 1 aromatic carbocycles. The highest BCUT2D eigenvalue weighted by molar-refractivity contribution is 9.09. The molecule has 0 aromatic heterocycles. The zero-order valence-corrected chi connectivity index (χ0v) is 12.8. The summed E-state index contributed by atoms with van der Waals surface area (Å²) in [5.74, 6) is 0.806. The molecule has 0 N–H and O–H groups in total. The Morgan fingerprint density at radius 3 is 2.67 bits per heavy atom. The Labute approximate surface area is 121 Å². The van der Waals surface area contributed by atoms with Crippen molar-refractivity contribution in [1.82, 2.24) is 4.90 Å². The van der Waals surface area contributed by atoms with Crippen LogP contribution in [0.5, 0.6) is 0 Å². The molecule has 0 radical (unpaired) electrons. The lowest BCUT2D eigenvalue weighted by molar-refractivity contribution is 0.0699. The van der Waals surface area contributed by atoms with Gasteiger partial charge in [-0.2, -0.15) is 0 Å². The van der Waals surface area contributed by atoms with E-state index >= 15 is 0 Å². The third-order valence-corrected chi connectivity index (χ3v) is 4.86. The van der Waals surface area contributed by atoms with E-state index in [1.165, 1.54) is 0 Å². The summed E-state index contributed by atoms with van der Waals surface area (Å²) in [5, 5.41) is 1.70. The van der Waals surface area contributed by atoms with Crippen LogP contribution in [0.1, 0.15) is 28.8 Å². The van der Waals surface area contributed by atoms with Gasteiger partial charge < -0.3 is 4.90 Å². The number of aryl methyl sites for hydroxylation is 1. The molecule has 0 spiro atoms. The quantitative estimate of drug-likeness (QED) is 0.753. The fourth-order valence-electron chi connectivity index (χ4n) is 2.20. The molecule has 1 aliphatic rings. The van der Waals surface area contributed by atoms with Crippen molar-refractivity contribution in [3.63, 3.8) is 0 Å². The zero-order chi connectivity index (χ0) is 13.1. The highest BCUT2D eigenvalue weighted by Crippen LogP contribution is 2.22. The van der Waals surface area contributed by atoms with Gasteiger partial charge >= 0.3 is 0 Å². The molecule has 2 nitrogen and oxygen atoms in total. The molecule has 1 saturated heterocycles. The van der Waals surface area contributed by atoms with Gasteiger partial charge in [0, 0.05) is 29.0 Å². The maximum atomic E-state index is 12.3. The summed E-state index contributed by atoms with van der Waals surface area (Å²) < 4.78 is 0. The van der Waals surface area contributed by atoms with E-state index in [0.29, 0.717) is 16.5 Å². The Balaban J connectivity index is 2.05. The van der Waals surface area contributed by atoms with Crippen LogP contribution in [0.25, 0.3) is 0 Å². The second-order valence-electron chi connectivity index (χ2n) is 4.85. The summed E-state index contributed by atoms with van der Waals surface area (Å²) in [4.78, 5) is 14.2. The molecule has 98 valence electrons. The highest BCUT2D eigenvalue weighted by atomic mass is 79.9. The molecule has 1 amide bonds. The summed E-state index contributed by atoms with van der Waals surface area (Å²) >= 11 is 9.57. The number of amides is 1. The van der Waals surface area contributed by atoms with Gasteiger partial charge in [-0.15, -0.1) is 0 Å². The Kier molecular flexibility index (Phi) is 4.68. The van der Waals surface area contributed by atoms with E-state index in [1.807, 2.05) is 24.0 Å². The minimum atomic E-state index is 0.102. The van der Waals surface area contributed by atoms with E-state index in [4.69, 9.17) is 11.6 Å². The average Bonchev–Trinajstić information content (AvgIpc) is 2.41. The summed E-state index contributed by atoms with van der Waals surface area (Å²) in [6.45, 7) is 3.64. The van der Waals surface area contributed by atoms with E-state index in [-0.39, 0.29) is 5.91 Å². The third kappa shape index (κ3) is 3.07. The molecule has 0 saturated carbocycles. The molecular formula is C14H17BrClNO. The minimum Gasteiger partial charge on any atom is -0.339 e. The number of hydrogen-bond acceptors (Lipinski definition) is 1. The Morgan fingerprint density at radius 2 is 2.11 bits per heavy atom. The van der Waals surface area contributed by atoms with Crippen LogP contribution in [-0.2, 0) is 0 Å². The number of hydrogen-bond donors (Lipinski definition) is 0. The maximum absolute atomic E-state index is 12.3. The van der Waals surface area contributed by atoms with Gasteiger partial charge in [-0.25, -0.2) is 0 Å². The zero-order valence-electron chi connectivity index (χ0n) is 10.5. The molecule has 4 heteroatoms. The molecule has 0 bridgehead atoms. The molecular weight excluding hydrogens is 314 g/mol. The first kappa shape index (κ1) is 13.9. The van der Waals surface area contributed by atoms with E-state index in [2.05, 4.69) is 15.9 Å². The van der Waals surface area contributed by atoms with Crippen LogP contribution in [0.2, 0.25) is 5.02 Å². The molecule has 0 aliphatic carbocycles. The number of nitrogens with zero attached hydrogens (tertiary/aromatic N) is 1. The Morgan fingerprint density at radius 1 is 1.44 bits per heavy atom. The van der Waals surface area contributed by atoms with Crippen molar-refractivity contribution in [3.05, 3.63) is 34.3 Å². The molecule has 1 aliphatic heterocycles. The number of piperidine rings is 1. The largest absolute Gasteiger partial charge is 0.339 e. The van der Waals surface area contributed by atoms with Crippen LogP contribution in [0.3, 0.4) is 0 Å². The summed E-state index contributed by atoms with van der Waals surface area (Å²) in [5.41, 5.74) is 1.70. The normalized spacial score (nSPS) is 16.9.